The van der Waals surface area contributed by atoms with Gasteiger partial charge in [-0.1, -0.05) is 55.5 Å². The van der Waals surface area contributed by atoms with Crippen LogP contribution in [0.5, 0.6) is 0 Å². The minimum Gasteiger partial charge on any atom is -0.390 e. The van der Waals surface area contributed by atoms with E-state index in [1.165, 1.54) is 12.1 Å². The van der Waals surface area contributed by atoms with Crippen LogP contribution >= 0.6 is 0 Å². The minimum atomic E-state index is -1.09. The SMILES string of the molecule is C#Cc1cccc(CNC[C@@H](O)[C@H](Cc2cc(F)cc(F)c2)NC(=O)C2=CC(C)=CC(CCCC)(C(=O)NC)C2)c1. The molecule has 0 saturated carbocycles. The van der Waals surface area contributed by atoms with E-state index in [1.54, 1.807) is 13.1 Å². The third kappa shape index (κ3) is 8.84. The normalized spacial score (nSPS) is 18.0. The highest BCUT2D eigenvalue weighted by atomic mass is 19.1. The molecule has 2 aromatic rings. The van der Waals surface area contributed by atoms with Crippen LogP contribution in [0.25, 0.3) is 0 Å². The molecule has 41 heavy (non-hydrogen) atoms. The number of carbonyl (C=O) groups excluding carboxylic acids is 2. The molecule has 4 N–H and O–H groups in total. The fourth-order valence-electron chi connectivity index (χ4n) is 5.31. The first kappa shape index (κ1) is 31.7. The molecule has 3 atom stereocenters. The number of rotatable bonds is 13. The Morgan fingerprint density at radius 2 is 1.88 bits per heavy atom. The molecule has 0 heterocycles. The molecule has 8 heteroatoms. The van der Waals surface area contributed by atoms with Crippen molar-refractivity contribution < 1.29 is 23.5 Å². The molecule has 0 aliphatic heterocycles. The number of unbranched alkanes of at least 4 members (excludes halogenated alkanes) is 1. The Bertz CT molecular complexity index is 1330. The summed E-state index contributed by atoms with van der Waals surface area (Å²) in [6.07, 6.45) is 10.5. The number of amides is 2. The predicted molar refractivity (Wildman–Crippen MR) is 157 cm³/mol. The Kier molecular flexibility index (Phi) is 11.4. The molecule has 2 amide bonds. The van der Waals surface area contributed by atoms with Crippen LogP contribution in [-0.4, -0.2) is 42.7 Å². The Labute approximate surface area is 241 Å². The number of hydrogen-bond donors (Lipinski definition) is 4. The van der Waals surface area contributed by atoms with Crippen molar-refractivity contribution in [1.82, 2.24) is 16.0 Å². The van der Waals surface area contributed by atoms with Crippen molar-refractivity contribution in [3.8, 4) is 12.3 Å². The molecule has 0 saturated heterocycles. The van der Waals surface area contributed by atoms with Crippen LogP contribution in [0.2, 0.25) is 0 Å². The molecule has 0 aromatic heterocycles. The Balaban J connectivity index is 1.80. The standard InChI is InChI=1S/C33H39F2N3O3/c1-5-7-11-33(32(41)36-4)18-22(3)12-26(19-33)31(40)38-29(16-25-14-27(34)17-28(35)15-25)30(39)21-37-20-24-10-8-9-23(6-2)13-24/h2,8-10,12-15,17-18,29-30,37,39H,5,7,11,16,19-21H2,1,3-4H3,(H,36,41)(H,38,40)/t29-,30+,33?/m0/s1. The van der Waals surface area contributed by atoms with E-state index in [1.807, 2.05) is 44.2 Å². The van der Waals surface area contributed by atoms with Crippen molar-refractivity contribution in [2.75, 3.05) is 13.6 Å². The van der Waals surface area contributed by atoms with E-state index in [0.29, 0.717) is 24.1 Å². The van der Waals surface area contributed by atoms with E-state index in [2.05, 4.69) is 21.9 Å². The van der Waals surface area contributed by atoms with Gasteiger partial charge in [0.1, 0.15) is 11.6 Å². The van der Waals surface area contributed by atoms with Gasteiger partial charge in [0.15, 0.2) is 0 Å². The van der Waals surface area contributed by atoms with Crippen LogP contribution in [0.1, 0.15) is 56.2 Å². The van der Waals surface area contributed by atoms with Gasteiger partial charge in [-0.3, -0.25) is 9.59 Å². The molecule has 1 aliphatic rings. The van der Waals surface area contributed by atoms with Gasteiger partial charge in [-0.2, -0.15) is 0 Å². The average Bonchev–Trinajstić information content (AvgIpc) is 2.94. The number of terminal acetylenes is 1. The van der Waals surface area contributed by atoms with Crippen LogP contribution in [0.15, 0.2) is 65.8 Å². The zero-order valence-corrected chi connectivity index (χ0v) is 23.9. The Morgan fingerprint density at radius 1 is 1.15 bits per heavy atom. The molecule has 1 unspecified atom stereocenters. The van der Waals surface area contributed by atoms with Crippen LogP contribution < -0.4 is 16.0 Å². The predicted octanol–water partition coefficient (Wildman–Crippen LogP) is 4.32. The molecule has 0 bridgehead atoms. The van der Waals surface area contributed by atoms with Crippen molar-refractivity contribution in [3.63, 3.8) is 0 Å². The first-order valence-corrected chi connectivity index (χ1v) is 13.9. The maximum absolute atomic E-state index is 14.0. The summed E-state index contributed by atoms with van der Waals surface area (Å²) in [6, 6.07) is 9.69. The van der Waals surface area contributed by atoms with E-state index >= 15 is 0 Å². The summed E-state index contributed by atoms with van der Waals surface area (Å²) in [4.78, 5) is 26.6. The van der Waals surface area contributed by atoms with E-state index in [0.717, 1.165) is 35.6 Å². The van der Waals surface area contributed by atoms with Crippen LogP contribution in [0.4, 0.5) is 8.78 Å². The molecule has 0 spiro atoms. The Morgan fingerprint density at radius 3 is 2.54 bits per heavy atom. The monoisotopic (exact) mass is 563 g/mol. The fourth-order valence-corrected chi connectivity index (χ4v) is 5.31. The van der Waals surface area contributed by atoms with Gasteiger partial charge in [0.05, 0.1) is 17.6 Å². The van der Waals surface area contributed by atoms with Crippen molar-refractivity contribution in [1.29, 1.82) is 0 Å². The summed E-state index contributed by atoms with van der Waals surface area (Å²) < 4.78 is 27.9. The van der Waals surface area contributed by atoms with Crippen molar-refractivity contribution in [2.24, 2.45) is 5.41 Å². The van der Waals surface area contributed by atoms with Crippen molar-refractivity contribution >= 4 is 11.8 Å². The van der Waals surface area contributed by atoms with Gasteiger partial charge in [0, 0.05) is 37.3 Å². The number of benzene rings is 2. The van der Waals surface area contributed by atoms with E-state index in [4.69, 9.17) is 6.42 Å². The third-order valence-corrected chi connectivity index (χ3v) is 7.29. The van der Waals surface area contributed by atoms with Gasteiger partial charge in [-0.15, -0.1) is 6.42 Å². The number of allylic oxidation sites excluding steroid dienone is 2. The summed E-state index contributed by atoms with van der Waals surface area (Å²) in [5, 5.41) is 19.9. The molecule has 2 aromatic carbocycles. The van der Waals surface area contributed by atoms with E-state index in [-0.39, 0.29) is 25.3 Å². The van der Waals surface area contributed by atoms with E-state index in [9.17, 15) is 23.5 Å². The zero-order chi connectivity index (χ0) is 30.0. The minimum absolute atomic E-state index is 0.00558. The molecule has 3 rings (SSSR count). The number of aliphatic hydroxyl groups is 1. The molecule has 0 fully saturated rings. The molecule has 6 nitrogen and oxygen atoms in total. The quantitative estimate of drug-likeness (QED) is 0.273. The fraction of sp³-hybridized carbons (Fsp3) is 0.394. The topological polar surface area (TPSA) is 90.5 Å². The second-order valence-electron chi connectivity index (χ2n) is 10.7. The van der Waals surface area contributed by atoms with Crippen LogP contribution in [0.3, 0.4) is 0 Å². The molecule has 0 radical (unpaired) electrons. The number of nitrogens with one attached hydrogen (secondary N) is 3. The van der Waals surface area contributed by atoms with Crippen molar-refractivity contribution in [3.05, 3.63) is 94.1 Å². The lowest BCUT2D eigenvalue weighted by Crippen LogP contribution is -2.50. The lowest BCUT2D eigenvalue weighted by atomic mass is 9.72. The molecule has 1 aliphatic carbocycles. The zero-order valence-electron chi connectivity index (χ0n) is 23.9. The smallest absolute Gasteiger partial charge is 0.247 e. The van der Waals surface area contributed by atoms with Crippen LogP contribution in [0, 0.1) is 29.4 Å². The summed E-state index contributed by atoms with van der Waals surface area (Å²) in [5.74, 6) is 0.501. The second kappa shape index (κ2) is 14.7. The highest BCUT2D eigenvalue weighted by Gasteiger charge is 2.39. The largest absolute Gasteiger partial charge is 0.390 e. The average molecular weight is 564 g/mol. The number of hydrogen-bond acceptors (Lipinski definition) is 4. The first-order chi connectivity index (χ1) is 19.6. The summed E-state index contributed by atoms with van der Waals surface area (Å²) >= 11 is 0. The third-order valence-electron chi connectivity index (χ3n) is 7.29. The maximum Gasteiger partial charge on any atom is 0.247 e. The maximum atomic E-state index is 14.0. The number of aliphatic hydroxyl groups excluding tert-OH is 1. The van der Waals surface area contributed by atoms with Gasteiger partial charge in [-0.05, 0) is 61.6 Å². The molecule has 218 valence electrons. The summed E-state index contributed by atoms with van der Waals surface area (Å²) in [5.41, 5.74) is 2.30. The number of carbonyl (C=O) groups is 2. The first-order valence-electron chi connectivity index (χ1n) is 13.9. The number of halogens is 2. The van der Waals surface area contributed by atoms with Gasteiger partial charge in [0.25, 0.3) is 0 Å². The molecular formula is C33H39F2N3O3. The second-order valence-corrected chi connectivity index (χ2v) is 10.7. The Hall–Kier alpha value is -3.80. The van der Waals surface area contributed by atoms with Crippen LogP contribution in [-0.2, 0) is 22.6 Å². The lowest BCUT2D eigenvalue weighted by Gasteiger charge is -2.34. The van der Waals surface area contributed by atoms with Gasteiger partial charge >= 0.3 is 0 Å². The van der Waals surface area contributed by atoms with Gasteiger partial charge in [-0.25, -0.2) is 8.78 Å². The van der Waals surface area contributed by atoms with Gasteiger partial charge < -0.3 is 21.1 Å². The summed E-state index contributed by atoms with van der Waals surface area (Å²) in [6.45, 7) is 4.40. The van der Waals surface area contributed by atoms with E-state index < -0.39 is 35.1 Å². The van der Waals surface area contributed by atoms with Crippen molar-refractivity contribution in [2.45, 2.75) is 64.6 Å². The highest BCUT2D eigenvalue weighted by molar-refractivity contribution is 5.97. The summed E-state index contributed by atoms with van der Waals surface area (Å²) in [7, 11) is 1.58. The molecular weight excluding hydrogens is 524 g/mol. The lowest BCUT2D eigenvalue weighted by molar-refractivity contribution is -0.128. The van der Waals surface area contributed by atoms with Gasteiger partial charge in [0.2, 0.25) is 11.8 Å². The highest BCUT2D eigenvalue weighted by Crippen LogP contribution is 2.39.